The monoisotopic (exact) mass is 559 g/mol. The minimum absolute atomic E-state index is 0.512. The normalized spacial score (nSPS) is 11.0. The number of rotatable bonds is 11. The van der Waals surface area contributed by atoms with Gasteiger partial charge < -0.3 is 24.1 Å². The molecule has 42 heavy (non-hydrogen) atoms. The molecule has 9 heteroatoms. The van der Waals surface area contributed by atoms with Gasteiger partial charge in [-0.2, -0.15) is 4.98 Å². The highest BCUT2D eigenvalue weighted by Crippen LogP contribution is 2.25. The summed E-state index contributed by atoms with van der Waals surface area (Å²) in [5.41, 5.74) is 6.35. The van der Waals surface area contributed by atoms with Crippen molar-refractivity contribution in [3.63, 3.8) is 0 Å². The Labute approximate surface area is 245 Å². The SMILES string of the molecule is COc1ccc(CN(Cc2ccc(C)cc2)c2nc(Nc3ccn4ccnc4c3)nn2Cc2ccc(OC)cc2)cc1. The van der Waals surface area contributed by atoms with Crippen LogP contribution in [0.1, 0.15) is 22.3 Å². The lowest BCUT2D eigenvalue weighted by molar-refractivity contribution is 0.414. The second kappa shape index (κ2) is 12.1. The zero-order chi connectivity index (χ0) is 28.9. The lowest BCUT2D eigenvalue weighted by Crippen LogP contribution is -2.26. The maximum absolute atomic E-state index is 5.39. The van der Waals surface area contributed by atoms with Gasteiger partial charge in [-0.1, -0.05) is 54.1 Å². The van der Waals surface area contributed by atoms with Gasteiger partial charge >= 0.3 is 0 Å². The number of nitrogens with one attached hydrogen (secondary N) is 1. The molecule has 0 aliphatic rings. The first-order chi connectivity index (χ1) is 20.6. The van der Waals surface area contributed by atoms with Crippen molar-refractivity contribution in [1.29, 1.82) is 0 Å². The summed E-state index contributed by atoms with van der Waals surface area (Å²) in [5, 5.41) is 8.33. The zero-order valence-electron chi connectivity index (χ0n) is 23.9. The summed E-state index contributed by atoms with van der Waals surface area (Å²) >= 11 is 0. The number of imidazole rings is 1. The van der Waals surface area contributed by atoms with Crippen molar-refractivity contribution < 1.29 is 9.47 Å². The number of hydrogen-bond donors (Lipinski definition) is 1. The Morgan fingerprint density at radius 1 is 0.762 bits per heavy atom. The summed E-state index contributed by atoms with van der Waals surface area (Å²) in [4.78, 5) is 11.7. The third-order valence-corrected chi connectivity index (χ3v) is 7.11. The van der Waals surface area contributed by atoms with Crippen molar-refractivity contribution in [1.82, 2.24) is 24.1 Å². The number of aryl methyl sites for hydroxylation is 1. The van der Waals surface area contributed by atoms with E-state index in [1.807, 2.05) is 57.9 Å². The van der Waals surface area contributed by atoms with E-state index < -0.39 is 0 Å². The van der Waals surface area contributed by atoms with Gasteiger partial charge in [0.15, 0.2) is 0 Å². The molecule has 0 aliphatic heterocycles. The Morgan fingerprint density at radius 2 is 1.38 bits per heavy atom. The Kier molecular flexibility index (Phi) is 7.72. The Balaban J connectivity index is 1.38. The maximum atomic E-state index is 5.39. The van der Waals surface area contributed by atoms with Crippen LogP contribution >= 0.6 is 0 Å². The topological polar surface area (TPSA) is 81.7 Å². The molecule has 3 heterocycles. The molecule has 0 fully saturated rings. The van der Waals surface area contributed by atoms with Gasteiger partial charge in [0.1, 0.15) is 17.1 Å². The van der Waals surface area contributed by atoms with Gasteiger partial charge in [-0.25, -0.2) is 9.67 Å². The van der Waals surface area contributed by atoms with E-state index in [1.165, 1.54) is 11.1 Å². The highest BCUT2D eigenvalue weighted by Gasteiger charge is 2.19. The highest BCUT2D eigenvalue weighted by molar-refractivity contribution is 5.60. The second-order valence-electron chi connectivity index (χ2n) is 10.2. The molecular formula is C33H33N7O2. The van der Waals surface area contributed by atoms with Crippen LogP contribution in [0.4, 0.5) is 17.6 Å². The number of aromatic nitrogens is 5. The molecule has 0 amide bonds. The summed E-state index contributed by atoms with van der Waals surface area (Å²) in [6.07, 6.45) is 5.66. The van der Waals surface area contributed by atoms with Gasteiger partial charge in [-0.15, -0.1) is 5.10 Å². The molecule has 1 N–H and O–H groups in total. The number of methoxy groups -OCH3 is 2. The zero-order valence-corrected chi connectivity index (χ0v) is 23.9. The van der Waals surface area contributed by atoms with Crippen molar-refractivity contribution in [2.45, 2.75) is 26.6 Å². The van der Waals surface area contributed by atoms with Crippen molar-refractivity contribution >= 4 is 23.2 Å². The molecule has 212 valence electrons. The molecule has 3 aromatic carbocycles. The van der Waals surface area contributed by atoms with Gasteiger partial charge in [0.2, 0.25) is 11.9 Å². The molecule has 6 rings (SSSR count). The van der Waals surface area contributed by atoms with Crippen molar-refractivity contribution in [3.8, 4) is 11.5 Å². The Morgan fingerprint density at radius 3 is 2.02 bits per heavy atom. The van der Waals surface area contributed by atoms with Crippen LogP contribution in [0.25, 0.3) is 5.65 Å². The molecule has 0 saturated carbocycles. The first-order valence-corrected chi connectivity index (χ1v) is 13.8. The fourth-order valence-corrected chi connectivity index (χ4v) is 4.81. The Bertz CT molecular complexity index is 1760. The van der Waals surface area contributed by atoms with Crippen molar-refractivity contribution in [2.24, 2.45) is 0 Å². The molecule has 0 radical (unpaired) electrons. The van der Waals surface area contributed by atoms with Crippen LogP contribution in [-0.4, -0.2) is 38.4 Å². The smallest absolute Gasteiger partial charge is 0.248 e. The van der Waals surface area contributed by atoms with Crippen LogP contribution < -0.4 is 19.7 Å². The highest BCUT2D eigenvalue weighted by atomic mass is 16.5. The van der Waals surface area contributed by atoms with Gasteiger partial charge in [-0.3, -0.25) is 0 Å². The third kappa shape index (κ3) is 6.20. The number of benzene rings is 3. The molecule has 9 nitrogen and oxygen atoms in total. The molecule has 3 aromatic heterocycles. The maximum Gasteiger partial charge on any atom is 0.248 e. The fourth-order valence-electron chi connectivity index (χ4n) is 4.81. The van der Waals surface area contributed by atoms with E-state index >= 15 is 0 Å². The molecular weight excluding hydrogens is 526 g/mol. The number of nitrogens with zero attached hydrogens (tertiary/aromatic N) is 6. The van der Waals surface area contributed by atoms with Crippen LogP contribution in [0, 0.1) is 6.92 Å². The van der Waals surface area contributed by atoms with Crippen LogP contribution in [0.15, 0.2) is 104 Å². The van der Waals surface area contributed by atoms with Crippen molar-refractivity contribution in [3.05, 3.63) is 126 Å². The van der Waals surface area contributed by atoms with Crippen LogP contribution in [0.2, 0.25) is 0 Å². The average molecular weight is 560 g/mol. The lowest BCUT2D eigenvalue weighted by atomic mass is 10.1. The first-order valence-electron chi connectivity index (χ1n) is 13.8. The fraction of sp³-hybridized carbons (Fsp3) is 0.182. The van der Waals surface area contributed by atoms with Gasteiger partial charge in [0.25, 0.3) is 0 Å². The summed E-state index contributed by atoms with van der Waals surface area (Å²) in [7, 11) is 3.35. The number of ether oxygens (including phenoxy) is 2. The van der Waals surface area contributed by atoms with E-state index in [4.69, 9.17) is 19.6 Å². The summed E-state index contributed by atoms with van der Waals surface area (Å²) in [6, 6.07) is 28.8. The minimum atomic E-state index is 0.512. The molecule has 0 atom stereocenters. The van der Waals surface area contributed by atoms with Gasteiger partial charge in [0.05, 0.1) is 20.8 Å². The number of pyridine rings is 1. The molecule has 0 unspecified atom stereocenters. The summed E-state index contributed by atoms with van der Waals surface area (Å²) in [5.74, 6) is 2.91. The molecule has 0 aliphatic carbocycles. The number of anilines is 3. The minimum Gasteiger partial charge on any atom is -0.497 e. The molecule has 0 spiro atoms. The van der Waals surface area contributed by atoms with Gasteiger partial charge in [0, 0.05) is 43.4 Å². The third-order valence-electron chi connectivity index (χ3n) is 7.11. The van der Waals surface area contributed by atoms with Gasteiger partial charge in [-0.05, 0) is 53.9 Å². The first kappa shape index (κ1) is 26.9. The summed E-state index contributed by atoms with van der Waals surface area (Å²) < 4.78 is 14.7. The standard InChI is InChI=1S/C33H33N7O2/c1-24-4-6-25(7-5-24)21-39(22-26-8-12-29(41-2)13-9-26)33-36-32(35-28-16-18-38-19-17-34-31(38)20-28)37-40(33)23-27-10-14-30(42-3)15-11-27/h4-20H,21-23H2,1-3H3,(H,35,37). The average Bonchev–Trinajstić information content (AvgIpc) is 3.65. The number of hydrogen-bond acceptors (Lipinski definition) is 7. The predicted molar refractivity (Wildman–Crippen MR) is 165 cm³/mol. The summed E-state index contributed by atoms with van der Waals surface area (Å²) in [6.45, 7) is 3.94. The van der Waals surface area contributed by atoms with E-state index in [1.54, 1.807) is 20.4 Å². The predicted octanol–water partition coefficient (Wildman–Crippen LogP) is 6.25. The van der Waals surface area contributed by atoms with Crippen LogP contribution in [0.5, 0.6) is 11.5 Å². The molecule has 0 saturated heterocycles. The Hall–Kier alpha value is -5.31. The van der Waals surface area contributed by atoms with E-state index in [2.05, 4.69) is 70.7 Å². The van der Waals surface area contributed by atoms with Crippen LogP contribution in [-0.2, 0) is 19.6 Å². The van der Waals surface area contributed by atoms with E-state index in [-0.39, 0.29) is 0 Å². The van der Waals surface area contributed by atoms with Crippen molar-refractivity contribution in [2.75, 3.05) is 24.4 Å². The molecule has 6 aromatic rings. The van der Waals surface area contributed by atoms with E-state index in [0.29, 0.717) is 25.6 Å². The van der Waals surface area contributed by atoms with E-state index in [9.17, 15) is 0 Å². The lowest BCUT2D eigenvalue weighted by Gasteiger charge is -2.24. The second-order valence-corrected chi connectivity index (χ2v) is 10.2. The quantitative estimate of drug-likeness (QED) is 0.201. The largest absolute Gasteiger partial charge is 0.497 e. The van der Waals surface area contributed by atoms with E-state index in [0.717, 1.165) is 39.9 Å². The van der Waals surface area contributed by atoms with Crippen LogP contribution in [0.3, 0.4) is 0 Å². The number of fused-ring (bicyclic) bond motifs is 1. The molecule has 0 bridgehead atoms.